The standard InChI is InChI=1S/C26H36N4O.HI/c1-19-14-20(2)24(21(3)15-19)10-12-28-26(27-4)29-17-23-16-25(31)30(18-23)13-11-22-8-6-5-7-9-22;/h5-9,14-15,23H,10-13,16-18H2,1-4H3,(H2,27,28,29);1H. The molecule has 1 atom stereocenters. The van der Waals surface area contributed by atoms with E-state index >= 15 is 0 Å². The van der Waals surface area contributed by atoms with Gasteiger partial charge in [-0.15, -0.1) is 24.0 Å². The fraction of sp³-hybridized carbons (Fsp3) is 0.462. The molecule has 1 amide bonds. The van der Waals surface area contributed by atoms with Crippen LogP contribution in [-0.2, 0) is 17.6 Å². The second-order valence-corrected chi connectivity index (χ2v) is 8.65. The zero-order chi connectivity index (χ0) is 22.2. The Bertz CT molecular complexity index is 890. The number of amides is 1. The minimum Gasteiger partial charge on any atom is -0.356 e. The SMILES string of the molecule is CN=C(NCCc1c(C)cc(C)cc1C)NCC1CC(=O)N(CCc2ccccc2)C1.I. The molecule has 0 aliphatic carbocycles. The number of carbonyl (C=O) groups excluding carboxylic acids is 1. The average molecular weight is 549 g/mol. The highest BCUT2D eigenvalue weighted by atomic mass is 127. The quantitative estimate of drug-likeness (QED) is 0.298. The average Bonchev–Trinajstić information content (AvgIpc) is 3.10. The highest BCUT2D eigenvalue weighted by molar-refractivity contribution is 14.0. The molecule has 5 nitrogen and oxygen atoms in total. The Morgan fingerprint density at radius 1 is 1.06 bits per heavy atom. The fourth-order valence-electron chi connectivity index (χ4n) is 4.49. The highest BCUT2D eigenvalue weighted by Gasteiger charge is 2.29. The Balaban J connectivity index is 0.00000363. The van der Waals surface area contributed by atoms with Gasteiger partial charge in [0.15, 0.2) is 5.96 Å². The van der Waals surface area contributed by atoms with E-state index in [1.54, 1.807) is 7.05 Å². The van der Waals surface area contributed by atoms with Crippen molar-refractivity contribution in [1.82, 2.24) is 15.5 Å². The molecule has 2 aromatic carbocycles. The minimum absolute atomic E-state index is 0. The first kappa shape index (κ1) is 26.2. The lowest BCUT2D eigenvalue weighted by Crippen LogP contribution is -2.41. The second-order valence-electron chi connectivity index (χ2n) is 8.65. The maximum absolute atomic E-state index is 12.4. The highest BCUT2D eigenvalue weighted by Crippen LogP contribution is 2.18. The molecule has 1 aliphatic rings. The number of guanidine groups is 1. The number of hydrogen-bond donors (Lipinski definition) is 2. The van der Waals surface area contributed by atoms with E-state index in [-0.39, 0.29) is 29.9 Å². The van der Waals surface area contributed by atoms with E-state index in [9.17, 15) is 4.79 Å². The predicted octanol–water partition coefficient (Wildman–Crippen LogP) is 4.03. The molecule has 0 saturated carbocycles. The van der Waals surface area contributed by atoms with Gasteiger partial charge >= 0.3 is 0 Å². The van der Waals surface area contributed by atoms with Gasteiger partial charge < -0.3 is 15.5 Å². The van der Waals surface area contributed by atoms with Crippen LogP contribution in [0.25, 0.3) is 0 Å². The van der Waals surface area contributed by atoms with Crippen molar-refractivity contribution in [3.8, 4) is 0 Å². The van der Waals surface area contributed by atoms with Gasteiger partial charge in [-0.05, 0) is 55.9 Å². The zero-order valence-corrected chi connectivity index (χ0v) is 22.1. The Morgan fingerprint density at radius 2 is 1.75 bits per heavy atom. The van der Waals surface area contributed by atoms with Gasteiger partial charge in [-0.2, -0.15) is 0 Å². The number of carbonyl (C=O) groups is 1. The van der Waals surface area contributed by atoms with Crippen molar-refractivity contribution < 1.29 is 4.79 Å². The molecule has 1 saturated heterocycles. The first-order valence-corrected chi connectivity index (χ1v) is 11.3. The van der Waals surface area contributed by atoms with Gasteiger partial charge in [-0.25, -0.2) is 0 Å². The molecule has 0 bridgehead atoms. The Hall–Kier alpha value is -2.09. The molecule has 1 heterocycles. The molecule has 0 spiro atoms. The van der Waals surface area contributed by atoms with Crippen molar-refractivity contribution in [2.24, 2.45) is 10.9 Å². The van der Waals surface area contributed by atoms with Crippen LogP contribution in [0.5, 0.6) is 0 Å². The summed E-state index contributed by atoms with van der Waals surface area (Å²) in [5.41, 5.74) is 6.70. The summed E-state index contributed by atoms with van der Waals surface area (Å²) >= 11 is 0. The molecule has 3 rings (SSSR count). The van der Waals surface area contributed by atoms with Crippen molar-refractivity contribution >= 4 is 35.8 Å². The minimum atomic E-state index is 0. The summed E-state index contributed by atoms with van der Waals surface area (Å²) in [6, 6.07) is 14.9. The van der Waals surface area contributed by atoms with Crippen molar-refractivity contribution in [3.63, 3.8) is 0 Å². The van der Waals surface area contributed by atoms with E-state index in [1.807, 2.05) is 23.1 Å². The van der Waals surface area contributed by atoms with Crippen LogP contribution in [0.3, 0.4) is 0 Å². The Kier molecular flexibility index (Phi) is 10.5. The molecule has 1 fully saturated rings. The van der Waals surface area contributed by atoms with E-state index in [0.717, 1.165) is 45.0 Å². The Morgan fingerprint density at radius 3 is 2.41 bits per heavy atom. The van der Waals surface area contributed by atoms with Crippen LogP contribution < -0.4 is 10.6 Å². The van der Waals surface area contributed by atoms with Gasteiger partial charge in [0.25, 0.3) is 0 Å². The van der Waals surface area contributed by atoms with E-state index in [0.29, 0.717) is 12.3 Å². The van der Waals surface area contributed by atoms with E-state index in [2.05, 4.69) is 60.7 Å². The molecule has 6 heteroatoms. The third kappa shape index (κ3) is 7.50. The summed E-state index contributed by atoms with van der Waals surface area (Å²) in [4.78, 5) is 18.7. The zero-order valence-electron chi connectivity index (χ0n) is 19.8. The number of halogens is 1. The van der Waals surface area contributed by atoms with Crippen LogP contribution in [-0.4, -0.2) is 50.0 Å². The van der Waals surface area contributed by atoms with Crippen LogP contribution in [0.1, 0.15) is 34.2 Å². The van der Waals surface area contributed by atoms with Gasteiger partial charge in [-0.3, -0.25) is 9.79 Å². The van der Waals surface area contributed by atoms with E-state index in [1.165, 1.54) is 27.8 Å². The third-order valence-electron chi connectivity index (χ3n) is 6.10. The van der Waals surface area contributed by atoms with Crippen LogP contribution in [0.2, 0.25) is 0 Å². The van der Waals surface area contributed by atoms with Crippen LogP contribution in [0, 0.1) is 26.7 Å². The fourth-order valence-corrected chi connectivity index (χ4v) is 4.49. The van der Waals surface area contributed by atoms with E-state index in [4.69, 9.17) is 0 Å². The number of nitrogens with zero attached hydrogens (tertiary/aromatic N) is 2. The molecular weight excluding hydrogens is 511 g/mol. The smallest absolute Gasteiger partial charge is 0.223 e. The molecule has 174 valence electrons. The summed E-state index contributed by atoms with van der Waals surface area (Å²) in [6.45, 7) is 9.71. The normalized spacial score (nSPS) is 16.1. The predicted molar refractivity (Wildman–Crippen MR) is 144 cm³/mol. The lowest BCUT2D eigenvalue weighted by Gasteiger charge is -2.18. The molecule has 0 aromatic heterocycles. The lowest BCUT2D eigenvalue weighted by molar-refractivity contribution is -0.127. The summed E-state index contributed by atoms with van der Waals surface area (Å²) in [6.07, 6.45) is 2.49. The third-order valence-corrected chi connectivity index (χ3v) is 6.10. The number of likely N-dealkylation sites (tertiary alicyclic amines) is 1. The van der Waals surface area contributed by atoms with Crippen LogP contribution >= 0.6 is 24.0 Å². The van der Waals surface area contributed by atoms with Crippen molar-refractivity contribution in [2.45, 2.75) is 40.0 Å². The topological polar surface area (TPSA) is 56.7 Å². The number of hydrogen-bond acceptors (Lipinski definition) is 2. The number of aliphatic imine (C=N–C) groups is 1. The molecule has 32 heavy (non-hydrogen) atoms. The summed E-state index contributed by atoms with van der Waals surface area (Å²) in [5, 5.41) is 6.83. The first-order chi connectivity index (χ1) is 15.0. The number of nitrogens with one attached hydrogen (secondary N) is 2. The molecule has 2 N–H and O–H groups in total. The Labute approximate surface area is 210 Å². The molecular formula is C26H37IN4O. The summed E-state index contributed by atoms with van der Waals surface area (Å²) < 4.78 is 0. The number of rotatable bonds is 8. The van der Waals surface area contributed by atoms with Gasteiger partial charge in [0.05, 0.1) is 0 Å². The number of aryl methyl sites for hydroxylation is 3. The van der Waals surface area contributed by atoms with Gasteiger partial charge in [0.1, 0.15) is 0 Å². The summed E-state index contributed by atoms with van der Waals surface area (Å²) in [5.74, 6) is 1.39. The molecule has 1 aliphatic heterocycles. The monoisotopic (exact) mass is 548 g/mol. The maximum Gasteiger partial charge on any atom is 0.223 e. The number of benzene rings is 2. The van der Waals surface area contributed by atoms with Crippen molar-refractivity contribution in [3.05, 3.63) is 70.3 Å². The lowest BCUT2D eigenvalue weighted by atomic mass is 9.97. The first-order valence-electron chi connectivity index (χ1n) is 11.3. The molecule has 0 radical (unpaired) electrons. The molecule has 2 aromatic rings. The van der Waals surface area contributed by atoms with Crippen LogP contribution in [0.15, 0.2) is 47.5 Å². The van der Waals surface area contributed by atoms with Gasteiger partial charge in [-0.1, -0.05) is 48.0 Å². The maximum atomic E-state index is 12.4. The summed E-state index contributed by atoms with van der Waals surface area (Å²) in [7, 11) is 1.80. The van der Waals surface area contributed by atoms with E-state index < -0.39 is 0 Å². The van der Waals surface area contributed by atoms with Crippen molar-refractivity contribution in [2.75, 3.05) is 33.2 Å². The van der Waals surface area contributed by atoms with Crippen LogP contribution in [0.4, 0.5) is 0 Å². The second kappa shape index (κ2) is 12.8. The van der Waals surface area contributed by atoms with Crippen molar-refractivity contribution in [1.29, 1.82) is 0 Å². The van der Waals surface area contributed by atoms with Gasteiger partial charge in [0, 0.05) is 45.6 Å². The van der Waals surface area contributed by atoms with Gasteiger partial charge in [0.2, 0.25) is 5.91 Å². The molecule has 1 unspecified atom stereocenters. The largest absolute Gasteiger partial charge is 0.356 e.